The minimum absolute atomic E-state index is 0.00872. The van der Waals surface area contributed by atoms with E-state index in [0.29, 0.717) is 31.9 Å². The number of sulfonamides is 1. The summed E-state index contributed by atoms with van der Waals surface area (Å²) >= 11 is 0. The van der Waals surface area contributed by atoms with Crippen LogP contribution in [0.5, 0.6) is 0 Å². The Balaban J connectivity index is 1.84. The van der Waals surface area contributed by atoms with Gasteiger partial charge in [-0.3, -0.25) is 10.00 Å². The van der Waals surface area contributed by atoms with E-state index in [2.05, 4.69) is 20.1 Å². The molecule has 0 aromatic carbocycles. The molecule has 0 unspecified atom stereocenters. The molecule has 8 nitrogen and oxygen atoms in total. The zero-order valence-electron chi connectivity index (χ0n) is 10.9. The number of nitrogens with one attached hydrogen (secondary N) is 1. The summed E-state index contributed by atoms with van der Waals surface area (Å²) in [5.74, 6) is 1.41. The predicted molar refractivity (Wildman–Crippen MR) is 68.8 cm³/mol. The lowest BCUT2D eigenvalue weighted by Gasteiger charge is -2.31. The smallest absolute Gasteiger partial charge is 0.209 e. The van der Waals surface area contributed by atoms with Crippen LogP contribution in [-0.4, -0.2) is 60.5 Å². The van der Waals surface area contributed by atoms with Crippen molar-refractivity contribution in [2.24, 2.45) is 5.14 Å². The molecular weight excluding hydrogens is 270 g/mol. The van der Waals surface area contributed by atoms with Crippen LogP contribution in [0.3, 0.4) is 0 Å². The molecule has 19 heavy (non-hydrogen) atoms. The van der Waals surface area contributed by atoms with Gasteiger partial charge < -0.3 is 4.74 Å². The minimum atomic E-state index is -3.37. The molecule has 1 saturated heterocycles. The number of hydrogen-bond acceptors (Lipinski definition) is 6. The van der Waals surface area contributed by atoms with Gasteiger partial charge in [0.2, 0.25) is 10.0 Å². The molecule has 1 aliphatic rings. The van der Waals surface area contributed by atoms with Gasteiger partial charge in [-0.2, -0.15) is 5.10 Å². The average Bonchev–Trinajstić information content (AvgIpc) is 2.75. The van der Waals surface area contributed by atoms with Crippen molar-refractivity contribution in [2.75, 3.05) is 32.0 Å². The molecule has 1 aliphatic heterocycles. The lowest BCUT2D eigenvalue weighted by atomic mass is 10.2. The van der Waals surface area contributed by atoms with Crippen LogP contribution < -0.4 is 5.14 Å². The second-order valence-electron chi connectivity index (χ2n) is 4.66. The second-order valence-corrected chi connectivity index (χ2v) is 6.39. The van der Waals surface area contributed by atoms with E-state index in [4.69, 9.17) is 9.88 Å². The van der Waals surface area contributed by atoms with Crippen molar-refractivity contribution in [1.29, 1.82) is 0 Å². The fourth-order valence-electron chi connectivity index (χ4n) is 2.06. The van der Waals surface area contributed by atoms with Gasteiger partial charge >= 0.3 is 0 Å². The molecule has 3 N–H and O–H groups in total. The van der Waals surface area contributed by atoms with Gasteiger partial charge in [-0.15, -0.1) is 0 Å². The van der Waals surface area contributed by atoms with Crippen LogP contribution in [-0.2, 0) is 14.8 Å². The molecule has 0 saturated carbocycles. The molecule has 1 atom stereocenters. The highest BCUT2D eigenvalue weighted by atomic mass is 32.2. The van der Waals surface area contributed by atoms with Crippen LogP contribution >= 0.6 is 0 Å². The molecule has 2 rings (SSSR count). The number of aryl methyl sites for hydroxylation is 1. The van der Waals surface area contributed by atoms with Gasteiger partial charge in [0.1, 0.15) is 11.9 Å². The maximum Gasteiger partial charge on any atom is 0.209 e. The van der Waals surface area contributed by atoms with E-state index in [-0.39, 0.29) is 11.9 Å². The van der Waals surface area contributed by atoms with Gasteiger partial charge in [-0.25, -0.2) is 18.5 Å². The molecule has 0 bridgehead atoms. The summed E-state index contributed by atoms with van der Waals surface area (Å²) in [5.41, 5.74) is 0. The Labute approximate surface area is 112 Å². The number of aromatic nitrogens is 3. The first kappa shape index (κ1) is 14.4. The quantitative estimate of drug-likeness (QED) is 0.731. The van der Waals surface area contributed by atoms with Gasteiger partial charge in [0.05, 0.1) is 12.4 Å². The van der Waals surface area contributed by atoms with Crippen LogP contribution in [0.4, 0.5) is 0 Å². The maximum absolute atomic E-state index is 10.9. The molecule has 1 aromatic heterocycles. The lowest BCUT2D eigenvalue weighted by molar-refractivity contribution is -0.0340. The van der Waals surface area contributed by atoms with Crippen LogP contribution in [0.1, 0.15) is 24.2 Å². The number of nitrogens with two attached hydrogens (primary N) is 1. The minimum Gasteiger partial charge on any atom is -0.367 e. The van der Waals surface area contributed by atoms with Crippen molar-refractivity contribution in [3.8, 4) is 0 Å². The molecule has 0 radical (unpaired) electrons. The normalized spacial score (nSPS) is 21.7. The molecule has 108 valence electrons. The molecule has 0 aliphatic carbocycles. The van der Waals surface area contributed by atoms with E-state index < -0.39 is 10.0 Å². The zero-order valence-corrected chi connectivity index (χ0v) is 11.7. The van der Waals surface area contributed by atoms with E-state index in [9.17, 15) is 8.42 Å². The lowest BCUT2D eigenvalue weighted by Crippen LogP contribution is -2.39. The average molecular weight is 289 g/mol. The number of H-pyrrole nitrogens is 1. The fraction of sp³-hybridized carbons (Fsp3) is 0.800. The van der Waals surface area contributed by atoms with Crippen LogP contribution in [0, 0.1) is 6.92 Å². The molecule has 2 heterocycles. The molecule has 0 amide bonds. The van der Waals surface area contributed by atoms with Gasteiger partial charge in [0, 0.05) is 13.1 Å². The molecule has 1 fully saturated rings. The van der Waals surface area contributed by atoms with Crippen molar-refractivity contribution >= 4 is 10.0 Å². The number of ether oxygens (including phenoxy) is 1. The first-order valence-corrected chi connectivity index (χ1v) is 7.89. The number of aromatic amines is 1. The third-order valence-electron chi connectivity index (χ3n) is 2.96. The van der Waals surface area contributed by atoms with Crippen molar-refractivity contribution in [1.82, 2.24) is 20.1 Å². The van der Waals surface area contributed by atoms with Gasteiger partial charge in [-0.05, 0) is 19.9 Å². The number of primary sulfonamides is 1. The number of hydrogen-bond donors (Lipinski definition) is 2. The third-order valence-corrected chi connectivity index (χ3v) is 3.81. The zero-order chi connectivity index (χ0) is 13.9. The monoisotopic (exact) mass is 289 g/mol. The summed E-state index contributed by atoms with van der Waals surface area (Å²) in [6.07, 6.45) is 0.367. The van der Waals surface area contributed by atoms with Gasteiger partial charge in [0.25, 0.3) is 0 Å². The summed E-state index contributed by atoms with van der Waals surface area (Å²) in [5, 5.41) is 11.9. The van der Waals surface area contributed by atoms with E-state index in [1.54, 1.807) is 0 Å². The standard InChI is InChI=1S/C10H19N5O3S/c1-8-12-10(14-13-8)9-7-15(4-5-18-9)3-2-6-19(11,16)17/h9H,2-7H2,1H3,(H2,11,16,17)(H,12,13,14)/t9-/m1/s1. The van der Waals surface area contributed by atoms with Crippen LogP contribution in [0.2, 0.25) is 0 Å². The molecule has 0 spiro atoms. The summed E-state index contributed by atoms with van der Waals surface area (Å²) in [6, 6.07) is 0. The second kappa shape index (κ2) is 5.95. The van der Waals surface area contributed by atoms with Crippen molar-refractivity contribution in [2.45, 2.75) is 19.4 Å². The van der Waals surface area contributed by atoms with Crippen LogP contribution in [0.25, 0.3) is 0 Å². The Hall–Kier alpha value is -1.03. The highest BCUT2D eigenvalue weighted by Crippen LogP contribution is 2.18. The Morgan fingerprint density at radius 1 is 1.58 bits per heavy atom. The van der Waals surface area contributed by atoms with E-state index in [0.717, 1.165) is 12.4 Å². The highest BCUT2D eigenvalue weighted by molar-refractivity contribution is 7.89. The summed E-state index contributed by atoms with van der Waals surface area (Å²) in [6.45, 7) is 4.56. The van der Waals surface area contributed by atoms with Gasteiger partial charge in [-0.1, -0.05) is 0 Å². The summed E-state index contributed by atoms with van der Waals surface area (Å²) in [4.78, 5) is 6.40. The number of morpholine rings is 1. The number of rotatable bonds is 5. The van der Waals surface area contributed by atoms with Crippen LogP contribution in [0.15, 0.2) is 0 Å². The van der Waals surface area contributed by atoms with E-state index >= 15 is 0 Å². The highest BCUT2D eigenvalue weighted by Gasteiger charge is 2.24. The van der Waals surface area contributed by atoms with Crippen molar-refractivity contribution in [3.63, 3.8) is 0 Å². The van der Waals surface area contributed by atoms with Crippen molar-refractivity contribution < 1.29 is 13.2 Å². The molecule has 1 aromatic rings. The van der Waals surface area contributed by atoms with Crippen molar-refractivity contribution in [3.05, 3.63) is 11.6 Å². The maximum atomic E-state index is 10.9. The first-order chi connectivity index (χ1) is 8.94. The Kier molecular flexibility index (Phi) is 4.50. The Morgan fingerprint density at radius 3 is 3.00 bits per heavy atom. The largest absolute Gasteiger partial charge is 0.367 e. The SMILES string of the molecule is Cc1nc([C@H]2CN(CCCS(N)(=O)=O)CCO2)n[nH]1. The Bertz CT molecular complexity index is 515. The topological polar surface area (TPSA) is 114 Å². The third kappa shape index (κ3) is 4.53. The fourth-order valence-corrected chi connectivity index (χ4v) is 2.59. The summed E-state index contributed by atoms with van der Waals surface area (Å²) < 4.78 is 27.4. The van der Waals surface area contributed by atoms with E-state index in [1.165, 1.54) is 0 Å². The Morgan fingerprint density at radius 2 is 2.37 bits per heavy atom. The van der Waals surface area contributed by atoms with E-state index in [1.807, 2.05) is 6.92 Å². The molecular formula is C10H19N5O3S. The number of nitrogens with zero attached hydrogens (tertiary/aromatic N) is 3. The molecule has 9 heteroatoms. The predicted octanol–water partition coefficient (Wildman–Crippen LogP) is -0.835. The first-order valence-electron chi connectivity index (χ1n) is 6.17. The van der Waals surface area contributed by atoms with Gasteiger partial charge in [0.15, 0.2) is 5.82 Å². The summed E-state index contributed by atoms with van der Waals surface area (Å²) in [7, 11) is -3.37.